The number of pyridine rings is 1. The quantitative estimate of drug-likeness (QED) is 0.667. The first-order valence-electron chi connectivity index (χ1n) is 5.35. The standard InChI is InChI=1S/C14H10N2O/c1-2-6-13-12(5-1)16-14(17-13)8-7-11-4-3-9-15-10-11/h1-10H/b8-7+. The molecule has 82 valence electrons. The highest BCUT2D eigenvalue weighted by Gasteiger charge is 2.00. The molecule has 2 heterocycles. The lowest BCUT2D eigenvalue weighted by molar-refractivity contribution is 0.590. The Hall–Kier alpha value is -2.42. The zero-order valence-electron chi connectivity index (χ0n) is 9.08. The van der Waals surface area contributed by atoms with Crippen LogP contribution in [-0.4, -0.2) is 9.97 Å². The summed E-state index contributed by atoms with van der Waals surface area (Å²) in [7, 11) is 0. The average Bonchev–Trinajstić information content (AvgIpc) is 2.80. The van der Waals surface area contributed by atoms with Gasteiger partial charge in [0, 0.05) is 18.5 Å². The number of benzene rings is 1. The summed E-state index contributed by atoms with van der Waals surface area (Å²) in [6, 6.07) is 11.6. The van der Waals surface area contributed by atoms with Crippen molar-refractivity contribution >= 4 is 23.3 Å². The van der Waals surface area contributed by atoms with Crippen molar-refractivity contribution in [2.24, 2.45) is 0 Å². The van der Waals surface area contributed by atoms with Crippen molar-refractivity contribution in [3.05, 3.63) is 60.2 Å². The van der Waals surface area contributed by atoms with Crippen LogP contribution in [0.15, 0.2) is 53.2 Å². The number of para-hydroxylation sites is 2. The predicted molar refractivity (Wildman–Crippen MR) is 67.2 cm³/mol. The number of hydrogen-bond acceptors (Lipinski definition) is 3. The Balaban J connectivity index is 1.92. The van der Waals surface area contributed by atoms with E-state index >= 15 is 0 Å². The molecule has 0 radical (unpaired) electrons. The predicted octanol–water partition coefficient (Wildman–Crippen LogP) is 3.39. The fourth-order valence-corrected chi connectivity index (χ4v) is 1.60. The maximum atomic E-state index is 5.57. The molecule has 0 atom stereocenters. The summed E-state index contributed by atoms with van der Waals surface area (Å²) in [5.74, 6) is 0.607. The van der Waals surface area contributed by atoms with E-state index in [1.165, 1.54) is 0 Å². The van der Waals surface area contributed by atoms with E-state index in [-0.39, 0.29) is 0 Å². The van der Waals surface area contributed by atoms with E-state index in [2.05, 4.69) is 9.97 Å². The van der Waals surface area contributed by atoms with E-state index in [9.17, 15) is 0 Å². The molecule has 0 aliphatic heterocycles. The molecule has 3 heteroatoms. The summed E-state index contributed by atoms with van der Waals surface area (Å²) in [4.78, 5) is 8.39. The molecule has 17 heavy (non-hydrogen) atoms. The molecule has 0 N–H and O–H groups in total. The first-order valence-corrected chi connectivity index (χ1v) is 5.35. The zero-order chi connectivity index (χ0) is 11.5. The molecule has 0 fully saturated rings. The molecule has 0 bridgehead atoms. The van der Waals surface area contributed by atoms with Crippen LogP contribution in [0.2, 0.25) is 0 Å². The van der Waals surface area contributed by atoms with Crippen LogP contribution < -0.4 is 0 Å². The number of hydrogen-bond donors (Lipinski definition) is 0. The minimum atomic E-state index is 0.607. The molecule has 1 aromatic carbocycles. The minimum Gasteiger partial charge on any atom is -0.437 e. The molecule has 0 saturated heterocycles. The summed E-state index contributed by atoms with van der Waals surface area (Å²) < 4.78 is 5.57. The number of nitrogens with zero attached hydrogens (tertiary/aromatic N) is 2. The first-order chi connectivity index (χ1) is 8.42. The molecule has 0 aliphatic rings. The number of fused-ring (bicyclic) bond motifs is 1. The van der Waals surface area contributed by atoms with E-state index in [0.29, 0.717) is 5.89 Å². The van der Waals surface area contributed by atoms with Crippen LogP contribution in [0.3, 0.4) is 0 Å². The largest absolute Gasteiger partial charge is 0.437 e. The Morgan fingerprint density at radius 3 is 2.76 bits per heavy atom. The Labute approximate surface area is 98.4 Å². The van der Waals surface area contributed by atoms with Crippen LogP contribution in [0.4, 0.5) is 0 Å². The average molecular weight is 222 g/mol. The summed E-state index contributed by atoms with van der Waals surface area (Å²) >= 11 is 0. The van der Waals surface area contributed by atoms with Gasteiger partial charge in [-0.15, -0.1) is 0 Å². The Kier molecular flexibility index (Phi) is 2.43. The fourth-order valence-electron chi connectivity index (χ4n) is 1.60. The highest BCUT2D eigenvalue weighted by molar-refractivity contribution is 5.75. The maximum absolute atomic E-state index is 5.57. The van der Waals surface area contributed by atoms with Crippen molar-refractivity contribution in [3.8, 4) is 0 Å². The monoisotopic (exact) mass is 222 g/mol. The van der Waals surface area contributed by atoms with Gasteiger partial charge in [-0.25, -0.2) is 4.98 Å². The van der Waals surface area contributed by atoms with Crippen molar-refractivity contribution in [2.75, 3.05) is 0 Å². The van der Waals surface area contributed by atoms with Gasteiger partial charge in [-0.2, -0.15) is 0 Å². The summed E-state index contributed by atoms with van der Waals surface area (Å²) in [6.45, 7) is 0. The van der Waals surface area contributed by atoms with E-state index in [0.717, 1.165) is 16.7 Å². The Bertz CT molecular complexity index is 623. The number of aromatic nitrogens is 2. The zero-order valence-corrected chi connectivity index (χ0v) is 9.08. The smallest absolute Gasteiger partial charge is 0.220 e. The van der Waals surface area contributed by atoms with Gasteiger partial charge in [-0.1, -0.05) is 18.2 Å². The highest BCUT2D eigenvalue weighted by Crippen LogP contribution is 2.16. The second-order valence-corrected chi connectivity index (χ2v) is 3.64. The van der Waals surface area contributed by atoms with Gasteiger partial charge in [0.25, 0.3) is 0 Å². The molecule has 0 aliphatic carbocycles. The van der Waals surface area contributed by atoms with Gasteiger partial charge in [0.2, 0.25) is 5.89 Å². The second-order valence-electron chi connectivity index (χ2n) is 3.64. The lowest BCUT2D eigenvalue weighted by atomic mass is 10.2. The third-order valence-corrected chi connectivity index (χ3v) is 2.41. The fraction of sp³-hybridized carbons (Fsp3) is 0. The minimum absolute atomic E-state index is 0.607. The van der Waals surface area contributed by atoms with Gasteiger partial charge >= 0.3 is 0 Å². The molecule has 3 rings (SSSR count). The molecule has 0 unspecified atom stereocenters. The van der Waals surface area contributed by atoms with Crippen LogP contribution in [-0.2, 0) is 0 Å². The van der Waals surface area contributed by atoms with Crippen LogP contribution >= 0.6 is 0 Å². The van der Waals surface area contributed by atoms with Gasteiger partial charge in [0.15, 0.2) is 5.58 Å². The number of oxazole rings is 1. The van der Waals surface area contributed by atoms with Crippen molar-refractivity contribution < 1.29 is 4.42 Å². The summed E-state index contributed by atoms with van der Waals surface area (Å²) in [5.41, 5.74) is 2.70. The van der Waals surface area contributed by atoms with Gasteiger partial charge in [0.1, 0.15) is 5.52 Å². The highest BCUT2D eigenvalue weighted by atomic mass is 16.3. The van der Waals surface area contributed by atoms with E-state index < -0.39 is 0 Å². The molecular weight excluding hydrogens is 212 g/mol. The topological polar surface area (TPSA) is 38.9 Å². The van der Waals surface area contributed by atoms with Gasteiger partial charge in [0.05, 0.1) is 0 Å². The van der Waals surface area contributed by atoms with Crippen LogP contribution in [0.25, 0.3) is 23.3 Å². The normalized spacial score (nSPS) is 11.3. The molecule has 2 aromatic heterocycles. The summed E-state index contributed by atoms with van der Waals surface area (Å²) in [6.07, 6.45) is 7.31. The third kappa shape index (κ3) is 2.08. The van der Waals surface area contributed by atoms with E-state index in [1.54, 1.807) is 12.4 Å². The molecule has 0 spiro atoms. The SMILES string of the molecule is C(=C\c1nc2ccccc2o1)/c1cccnc1. The number of rotatable bonds is 2. The molecule has 0 saturated carbocycles. The first kappa shape index (κ1) is 9.78. The molecular formula is C14H10N2O. The maximum Gasteiger partial charge on any atom is 0.220 e. The van der Waals surface area contributed by atoms with Gasteiger partial charge < -0.3 is 4.42 Å². The third-order valence-electron chi connectivity index (χ3n) is 2.41. The van der Waals surface area contributed by atoms with Crippen molar-refractivity contribution in [1.82, 2.24) is 9.97 Å². The van der Waals surface area contributed by atoms with Crippen molar-refractivity contribution in [3.63, 3.8) is 0 Å². The van der Waals surface area contributed by atoms with Crippen molar-refractivity contribution in [1.29, 1.82) is 0 Å². The lowest BCUT2D eigenvalue weighted by Gasteiger charge is -1.88. The molecule has 0 amide bonds. The molecule has 3 aromatic rings. The Morgan fingerprint density at radius 1 is 1.00 bits per heavy atom. The Morgan fingerprint density at radius 2 is 1.94 bits per heavy atom. The van der Waals surface area contributed by atoms with Crippen LogP contribution in [0.5, 0.6) is 0 Å². The second kappa shape index (κ2) is 4.22. The summed E-state index contributed by atoms with van der Waals surface area (Å²) in [5, 5.41) is 0. The van der Waals surface area contributed by atoms with Gasteiger partial charge in [-0.3, -0.25) is 4.98 Å². The van der Waals surface area contributed by atoms with Crippen LogP contribution in [0.1, 0.15) is 11.5 Å². The lowest BCUT2D eigenvalue weighted by Crippen LogP contribution is -1.74. The van der Waals surface area contributed by atoms with E-state index in [4.69, 9.17) is 4.42 Å². The van der Waals surface area contributed by atoms with E-state index in [1.807, 2.05) is 48.6 Å². The van der Waals surface area contributed by atoms with Gasteiger partial charge in [-0.05, 0) is 29.8 Å². The molecule has 3 nitrogen and oxygen atoms in total. The van der Waals surface area contributed by atoms with Crippen LogP contribution in [0, 0.1) is 0 Å². The van der Waals surface area contributed by atoms with Crippen molar-refractivity contribution in [2.45, 2.75) is 0 Å².